The van der Waals surface area contributed by atoms with E-state index in [0.717, 1.165) is 0 Å². The number of carbonyl (C=O) groups is 2. The van der Waals surface area contributed by atoms with Gasteiger partial charge >= 0.3 is 5.97 Å². The van der Waals surface area contributed by atoms with Gasteiger partial charge in [0.2, 0.25) is 0 Å². The second-order valence-corrected chi connectivity index (χ2v) is 6.35. The predicted octanol–water partition coefficient (Wildman–Crippen LogP) is 2.05. The van der Waals surface area contributed by atoms with Crippen molar-refractivity contribution in [2.24, 2.45) is 11.1 Å². The number of hydrogen-bond acceptors (Lipinski definition) is 4. The normalized spacial score (nSPS) is 14.3. The van der Waals surface area contributed by atoms with E-state index in [4.69, 9.17) is 10.5 Å². The maximum atomic E-state index is 11.7. The molecule has 0 aliphatic rings. The third-order valence-electron chi connectivity index (χ3n) is 2.23. The Morgan fingerprint density at radius 2 is 1.59 bits per heavy atom. The van der Waals surface area contributed by atoms with Crippen LogP contribution in [0.15, 0.2) is 0 Å². The molecule has 17 heavy (non-hydrogen) atoms. The van der Waals surface area contributed by atoms with Crippen molar-refractivity contribution in [3.63, 3.8) is 0 Å². The average Bonchev–Trinajstić information content (AvgIpc) is 2.08. The minimum absolute atomic E-state index is 0.108. The summed E-state index contributed by atoms with van der Waals surface area (Å²) in [5, 5.41) is 0. The first-order valence-electron chi connectivity index (χ1n) is 5.95. The van der Waals surface area contributed by atoms with Crippen LogP contribution >= 0.6 is 0 Å². The van der Waals surface area contributed by atoms with Gasteiger partial charge in [0.05, 0.1) is 0 Å². The Labute approximate surface area is 104 Å². The van der Waals surface area contributed by atoms with Crippen LogP contribution in [0.4, 0.5) is 0 Å². The lowest BCUT2D eigenvalue weighted by atomic mass is 9.87. The van der Waals surface area contributed by atoms with Crippen molar-refractivity contribution in [3.05, 3.63) is 0 Å². The van der Waals surface area contributed by atoms with Crippen LogP contribution in [-0.4, -0.2) is 23.4 Å². The van der Waals surface area contributed by atoms with Gasteiger partial charge in [0, 0.05) is 11.8 Å². The summed E-state index contributed by atoms with van der Waals surface area (Å²) in [6.45, 7) is 10.9. The fourth-order valence-corrected chi connectivity index (χ4v) is 1.16. The van der Waals surface area contributed by atoms with Crippen molar-refractivity contribution < 1.29 is 14.3 Å². The SMILES string of the molecule is CC(C)(C)OC(=O)[C@H](N)CCC(=O)C(C)(C)C. The van der Waals surface area contributed by atoms with Gasteiger partial charge in [-0.05, 0) is 27.2 Å². The number of carbonyl (C=O) groups excluding carboxylic acids is 2. The van der Waals surface area contributed by atoms with Crippen LogP contribution in [0, 0.1) is 5.41 Å². The Morgan fingerprint density at radius 1 is 1.12 bits per heavy atom. The van der Waals surface area contributed by atoms with E-state index in [9.17, 15) is 9.59 Å². The number of hydrogen-bond donors (Lipinski definition) is 1. The Hall–Kier alpha value is -0.900. The first kappa shape index (κ1) is 16.1. The molecule has 0 saturated heterocycles. The molecule has 0 saturated carbocycles. The Kier molecular flexibility index (Phi) is 5.33. The first-order chi connectivity index (χ1) is 7.43. The van der Waals surface area contributed by atoms with E-state index in [-0.39, 0.29) is 11.2 Å². The van der Waals surface area contributed by atoms with Gasteiger partial charge in [-0.2, -0.15) is 0 Å². The van der Waals surface area contributed by atoms with Crippen molar-refractivity contribution in [2.75, 3.05) is 0 Å². The van der Waals surface area contributed by atoms with Crippen LogP contribution < -0.4 is 5.73 Å². The highest BCUT2D eigenvalue weighted by atomic mass is 16.6. The number of ketones is 1. The molecule has 0 aromatic carbocycles. The summed E-state index contributed by atoms with van der Waals surface area (Å²) < 4.78 is 5.14. The average molecular weight is 243 g/mol. The van der Waals surface area contributed by atoms with E-state index >= 15 is 0 Å². The molecule has 0 spiro atoms. The highest BCUT2D eigenvalue weighted by Gasteiger charge is 2.25. The molecule has 4 nitrogen and oxygen atoms in total. The van der Waals surface area contributed by atoms with Crippen LogP contribution in [-0.2, 0) is 14.3 Å². The second kappa shape index (κ2) is 5.63. The summed E-state index contributed by atoms with van der Waals surface area (Å²) >= 11 is 0. The summed E-state index contributed by atoms with van der Waals surface area (Å²) in [7, 11) is 0. The number of esters is 1. The third-order valence-corrected chi connectivity index (χ3v) is 2.23. The third kappa shape index (κ3) is 7.10. The smallest absolute Gasteiger partial charge is 0.323 e. The van der Waals surface area contributed by atoms with Crippen LogP contribution in [0.2, 0.25) is 0 Å². The van der Waals surface area contributed by atoms with E-state index < -0.39 is 17.6 Å². The Morgan fingerprint density at radius 3 is 1.94 bits per heavy atom. The van der Waals surface area contributed by atoms with Crippen LogP contribution in [0.3, 0.4) is 0 Å². The lowest BCUT2D eigenvalue weighted by Gasteiger charge is -2.23. The molecule has 4 heteroatoms. The largest absolute Gasteiger partial charge is 0.459 e. The van der Waals surface area contributed by atoms with Gasteiger partial charge in [0.15, 0.2) is 0 Å². The monoisotopic (exact) mass is 243 g/mol. The second-order valence-electron chi connectivity index (χ2n) is 6.35. The van der Waals surface area contributed by atoms with Crippen molar-refractivity contribution >= 4 is 11.8 Å². The molecular formula is C13H25NO3. The Balaban J connectivity index is 4.16. The number of nitrogens with two attached hydrogens (primary N) is 1. The molecule has 0 amide bonds. The zero-order chi connectivity index (χ0) is 13.9. The van der Waals surface area contributed by atoms with E-state index in [1.165, 1.54) is 0 Å². The van der Waals surface area contributed by atoms with Gasteiger partial charge in [-0.25, -0.2) is 0 Å². The van der Waals surface area contributed by atoms with Gasteiger partial charge < -0.3 is 10.5 Å². The van der Waals surface area contributed by atoms with Crippen molar-refractivity contribution in [1.82, 2.24) is 0 Å². The number of rotatable bonds is 4. The van der Waals surface area contributed by atoms with Gasteiger partial charge in [0.1, 0.15) is 17.4 Å². The molecule has 0 unspecified atom stereocenters. The van der Waals surface area contributed by atoms with Gasteiger partial charge in [0.25, 0.3) is 0 Å². The quantitative estimate of drug-likeness (QED) is 0.767. The lowest BCUT2D eigenvalue weighted by molar-refractivity contribution is -0.156. The Bertz CT molecular complexity index is 284. The van der Waals surface area contributed by atoms with E-state index in [1.807, 2.05) is 20.8 Å². The molecule has 0 aliphatic heterocycles. The summed E-state index contributed by atoms with van der Waals surface area (Å²) in [4.78, 5) is 23.2. The fourth-order valence-electron chi connectivity index (χ4n) is 1.16. The van der Waals surface area contributed by atoms with Gasteiger partial charge in [-0.3, -0.25) is 9.59 Å². The van der Waals surface area contributed by atoms with E-state index in [0.29, 0.717) is 12.8 Å². The molecule has 0 heterocycles. The van der Waals surface area contributed by atoms with E-state index in [2.05, 4.69) is 0 Å². The highest BCUT2D eigenvalue weighted by Crippen LogP contribution is 2.18. The van der Waals surface area contributed by atoms with Crippen LogP contribution in [0.1, 0.15) is 54.4 Å². The molecule has 0 aromatic rings. The molecule has 0 aromatic heterocycles. The van der Waals surface area contributed by atoms with Crippen molar-refractivity contribution in [3.8, 4) is 0 Å². The first-order valence-corrected chi connectivity index (χ1v) is 5.95. The molecule has 0 bridgehead atoms. The summed E-state index contributed by atoms with van der Waals surface area (Å²) in [5.41, 5.74) is 4.77. The molecule has 0 aliphatic carbocycles. The summed E-state index contributed by atoms with van der Waals surface area (Å²) in [6.07, 6.45) is 0.648. The molecule has 1 atom stereocenters. The zero-order valence-corrected chi connectivity index (χ0v) is 11.8. The minimum atomic E-state index is -0.722. The number of ether oxygens (including phenoxy) is 1. The topological polar surface area (TPSA) is 69.4 Å². The minimum Gasteiger partial charge on any atom is -0.459 e. The van der Waals surface area contributed by atoms with Crippen molar-refractivity contribution in [2.45, 2.75) is 66.0 Å². The molecule has 0 radical (unpaired) electrons. The van der Waals surface area contributed by atoms with Crippen LogP contribution in [0.5, 0.6) is 0 Å². The molecule has 0 fully saturated rings. The van der Waals surface area contributed by atoms with Crippen molar-refractivity contribution in [1.29, 1.82) is 0 Å². The predicted molar refractivity (Wildman–Crippen MR) is 67.5 cm³/mol. The summed E-state index contributed by atoms with van der Waals surface area (Å²) in [6, 6.07) is -0.722. The molecule has 2 N–H and O–H groups in total. The zero-order valence-electron chi connectivity index (χ0n) is 11.8. The lowest BCUT2D eigenvalue weighted by Crippen LogP contribution is -2.38. The highest BCUT2D eigenvalue weighted by molar-refractivity contribution is 5.84. The molecular weight excluding hydrogens is 218 g/mol. The molecule has 100 valence electrons. The maximum absolute atomic E-state index is 11.7. The van der Waals surface area contributed by atoms with Crippen LogP contribution in [0.25, 0.3) is 0 Å². The number of Topliss-reactive ketones (excluding diaryl/α,β-unsaturated/α-hetero) is 1. The van der Waals surface area contributed by atoms with Gasteiger partial charge in [-0.15, -0.1) is 0 Å². The van der Waals surface area contributed by atoms with Gasteiger partial charge in [-0.1, -0.05) is 20.8 Å². The molecule has 0 rings (SSSR count). The standard InChI is InChI=1S/C13H25NO3/c1-12(2,3)10(15)8-7-9(14)11(16)17-13(4,5)6/h9H,7-8,14H2,1-6H3/t9-/m1/s1. The summed E-state index contributed by atoms with van der Waals surface area (Å²) in [5.74, 6) is -0.337. The maximum Gasteiger partial charge on any atom is 0.323 e. The van der Waals surface area contributed by atoms with E-state index in [1.54, 1.807) is 20.8 Å². The fraction of sp³-hybridized carbons (Fsp3) is 0.846.